The minimum Gasteiger partial charge on any atom is -0.0683 e. The largest absolute Gasteiger partial charge is 0.0683 e. The fourth-order valence-electron chi connectivity index (χ4n) is 3.80. The lowest BCUT2D eigenvalue weighted by Gasteiger charge is -2.22. The van der Waals surface area contributed by atoms with Gasteiger partial charge in [0.15, 0.2) is 0 Å². The normalized spacial score (nSPS) is 12.7. The Morgan fingerprint density at radius 1 is 0.556 bits per heavy atom. The third kappa shape index (κ3) is 3.72. The molecule has 0 atom stereocenters. The van der Waals surface area contributed by atoms with E-state index in [2.05, 4.69) is 88.4 Å². The van der Waals surface area contributed by atoms with Crippen LogP contribution in [0.1, 0.15) is 63.8 Å². The molecule has 0 heterocycles. The van der Waals surface area contributed by atoms with Crippen molar-refractivity contribution < 1.29 is 0 Å². The van der Waals surface area contributed by atoms with Crippen LogP contribution < -0.4 is 0 Å². The second-order valence-corrected chi connectivity index (χ2v) is 7.23. The highest BCUT2D eigenvalue weighted by atomic mass is 14.4. The van der Waals surface area contributed by atoms with Gasteiger partial charge in [0.1, 0.15) is 0 Å². The second kappa shape index (κ2) is 8.57. The average molecular weight is 359 g/mol. The van der Waals surface area contributed by atoms with Gasteiger partial charge >= 0.3 is 0 Å². The van der Waals surface area contributed by atoms with Gasteiger partial charge in [0.05, 0.1) is 0 Å². The van der Waals surface area contributed by atoms with E-state index in [4.69, 9.17) is 0 Å². The molecule has 0 saturated heterocycles. The first-order valence-electron chi connectivity index (χ1n) is 10.3. The first-order valence-corrected chi connectivity index (χ1v) is 10.3. The van der Waals surface area contributed by atoms with Crippen LogP contribution >= 0.6 is 0 Å². The number of hydrogen-bond donors (Lipinski definition) is 0. The van der Waals surface area contributed by atoms with Crippen LogP contribution in [0.15, 0.2) is 60.7 Å². The molecule has 0 aromatic heterocycles. The predicted molar refractivity (Wildman–Crippen MR) is 122 cm³/mol. The molecule has 0 aliphatic heterocycles. The summed E-state index contributed by atoms with van der Waals surface area (Å²) < 4.78 is 0. The van der Waals surface area contributed by atoms with Crippen LogP contribution in [0.4, 0.5) is 0 Å². The predicted octanol–water partition coefficient (Wildman–Crippen LogP) is 8.33. The maximum atomic E-state index is 2.39. The van der Waals surface area contributed by atoms with Crippen LogP contribution in [0, 0.1) is 13.8 Å². The Morgan fingerprint density at radius 3 is 1.78 bits per heavy atom. The molecule has 0 heteroatoms. The van der Waals surface area contributed by atoms with E-state index in [-0.39, 0.29) is 5.41 Å². The summed E-state index contributed by atoms with van der Waals surface area (Å²) in [6.07, 6.45) is 0. The maximum absolute atomic E-state index is 2.39. The van der Waals surface area contributed by atoms with Gasteiger partial charge in [0, 0.05) is 5.41 Å². The van der Waals surface area contributed by atoms with Gasteiger partial charge in [-0.05, 0) is 64.4 Å². The summed E-state index contributed by atoms with van der Waals surface area (Å²) in [4.78, 5) is 0. The number of benzene rings is 3. The smallest absolute Gasteiger partial charge is 0.0159 e. The molecule has 1 aliphatic rings. The van der Waals surface area contributed by atoms with Crippen molar-refractivity contribution in [3.8, 4) is 22.3 Å². The Kier molecular flexibility index (Phi) is 6.65. The number of fused-ring (bicyclic) bond motifs is 3. The van der Waals surface area contributed by atoms with Gasteiger partial charge in [0.25, 0.3) is 0 Å². The SMILES string of the molecule is CC.CC.Cc1ccc(-c2ccc3c(c2)C(C)(C)c2ccccc2-3)cc1C. The Hall–Kier alpha value is -2.34. The molecule has 0 nitrogen and oxygen atoms in total. The molecule has 0 bridgehead atoms. The van der Waals surface area contributed by atoms with Crippen molar-refractivity contribution in [3.05, 3.63) is 82.9 Å². The first kappa shape index (κ1) is 21.0. The second-order valence-electron chi connectivity index (χ2n) is 7.23. The summed E-state index contributed by atoms with van der Waals surface area (Å²) in [5, 5.41) is 0. The molecule has 142 valence electrons. The van der Waals surface area contributed by atoms with Crippen molar-refractivity contribution in [2.75, 3.05) is 0 Å². The topological polar surface area (TPSA) is 0 Å². The zero-order valence-electron chi connectivity index (χ0n) is 18.3. The maximum Gasteiger partial charge on any atom is 0.0159 e. The van der Waals surface area contributed by atoms with E-state index in [1.807, 2.05) is 27.7 Å². The molecule has 4 rings (SSSR count). The number of aryl methyl sites for hydroxylation is 2. The lowest BCUT2D eigenvalue weighted by atomic mass is 9.81. The number of hydrogen-bond acceptors (Lipinski definition) is 0. The zero-order chi connectivity index (χ0) is 20.2. The molecule has 3 aromatic carbocycles. The van der Waals surface area contributed by atoms with E-state index in [0.717, 1.165) is 0 Å². The highest BCUT2D eigenvalue weighted by molar-refractivity contribution is 5.83. The summed E-state index contributed by atoms with van der Waals surface area (Å²) in [5.74, 6) is 0. The highest BCUT2D eigenvalue weighted by Gasteiger charge is 2.35. The van der Waals surface area contributed by atoms with E-state index in [0.29, 0.717) is 0 Å². The minimum atomic E-state index is 0.0711. The molecule has 1 aliphatic carbocycles. The van der Waals surface area contributed by atoms with Gasteiger partial charge in [0.2, 0.25) is 0 Å². The van der Waals surface area contributed by atoms with Gasteiger partial charge in [-0.3, -0.25) is 0 Å². The fraction of sp³-hybridized carbons (Fsp3) is 0.333. The van der Waals surface area contributed by atoms with Crippen molar-refractivity contribution in [3.63, 3.8) is 0 Å². The average Bonchev–Trinajstić information content (AvgIpc) is 2.94. The summed E-state index contributed by atoms with van der Waals surface area (Å²) in [5.41, 5.74) is 11.0. The molecule has 0 amide bonds. The van der Waals surface area contributed by atoms with Gasteiger partial charge in [-0.25, -0.2) is 0 Å². The van der Waals surface area contributed by atoms with Gasteiger partial charge in [-0.15, -0.1) is 0 Å². The van der Waals surface area contributed by atoms with Crippen LogP contribution in [0.5, 0.6) is 0 Å². The lowest BCUT2D eigenvalue weighted by molar-refractivity contribution is 0.660. The van der Waals surface area contributed by atoms with E-state index >= 15 is 0 Å². The first-order chi connectivity index (χ1) is 13.0. The van der Waals surface area contributed by atoms with Gasteiger partial charge in [-0.1, -0.05) is 96.1 Å². The Bertz CT molecular complexity index is 913. The van der Waals surface area contributed by atoms with Crippen molar-refractivity contribution >= 4 is 0 Å². The van der Waals surface area contributed by atoms with Crippen molar-refractivity contribution in [2.24, 2.45) is 0 Å². The third-order valence-corrected chi connectivity index (χ3v) is 5.42. The highest BCUT2D eigenvalue weighted by Crippen LogP contribution is 2.49. The molecular formula is C27H34. The quantitative estimate of drug-likeness (QED) is 0.410. The molecule has 0 unspecified atom stereocenters. The Morgan fingerprint density at radius 2 is 1.11 bits per heavy atom. The van der Waals surface area contributed by atoms with Gasteiger partial charge in [-0.2, -0.15) is 0 Å². The lowest BCUT2D eigenvalue weighted by Crippen LogP contribution is -2.14. The van der Waals surface area contributed by atoms with Crippen molar-refractivity contribution in [2.45, 2.75) is 60.8 Å². The van der Waals surface area contributed by atoms with E-state index in [1.165, 1.54) is 44.5 Å². The molecular weight excluding hydrogens is 324 g/mol. The van der Waals surface area contributed by atoms with Crippen molar-refractivity contribution in [1.29, 1.82) is 0 Å². The Labute approximate surface area is 166 Å². The van der Waals surface area contributed by atoms with Crippen LogP contribution in [0.25, 0.3) is 22.3 Å². The summed E-state index contributed by atoms with van der Waals surface area (Å²) in [6.45, 7) is 17.0. The third-order valence-electron chi connectivity index (χ3n) is 5.42. The van der Waals surface area contributed by atoms with Crippen LogP contribution in [0.3, 0.4) is 0 Å². The number of rotatable bonds is 1. The monoisotopic (exact) mass is 358 g/mol. The fourth-order valence-corrected chi connectivity index (χ4v) is 3.80. The van der Waals surface area contributed by atoms with Crippen LogP contribution in [-0.2, 0) is 5.41 Å². The summed E-state index contributed by atoms with van der Waals surface area (Å²) in [7, 11) is 0. The standard InChI is InChI=1S/C23H22.2C2H6/c1-15-9-10-17(13-16(15)2)18-11-12-20-19-7-5-6-8-21(19)23(3,4)22(20)14-18;2*1-2/h5-14H,1-4H3;2*1-2H3. The van der Waals surface area contributed by atoms with E-state index < -0.39 is 0 Å². The molecule has 0 fully saturated rings. The molecule has 0 radical (unpaired) electrons. The molecule has 0 N–H and O–H groups in total. The summed E-state index contributed by atoms with van der Waals surface area (Å²) >= 11 is 0. The molecule has 3 aromatic rings. The minimum absolute atomic E-state index is 0.0711. The van der Waals surface area contributed by atoms with Crippen LogP contribution in [-0.4, -0.2) is 0 Å². The molecule has 0 saturated carbocycles. The summed E-state index contributed by atoms with van der Waals surface area (Å²) in [6, 6.07) is 22.5. The Balaban J connectivity index is 0.000000614. The van der Waals surface area contributed by atoms with E-state index in [1.54, 1.807) is 0 Å². The van der Waals surface area contributed by atoms with E-state index in [9.17, 15) is 0 Å². The van der Waals surface area contributed by atoms with Crippen molar-refractivity contribution in [1.82, 2.24) is 0 Å². The molecule has 27 heavy (non-hydrogen) atoms. The zero-order valence-corrected chi connectivity index (χ0v) is 18.3. The molecule has 0 spiro atoms. The van der Waals surface area contributed by atoms with Gasteiger partial charge < -0.3 is 0 Å². The van der Waals surface area contributed by atoms with Crippen LogP contribution in [0.2, 0.25) is 0 Å².